The summed E-state index contributed by atoms with van der Waals surface area (Å²) >= 11 is 1.72. The van der Waals surface area contributed by atoms with E-state index in [-0.39, 0.29) is 24.0 Å². The van der Waals surface area contributed by atoms with Gasteiger partial charge in [-0.1, -0.05) is 6.92 Å². The fourth-order valence-corrected chi connectivity index (χ4v) is 2.98. The van der Waals surface area contributed by atoms with Crippen LogP contribution in [0.3, 0.4) is 0 Å². The average Bonchev–Trinajstić information content (AvgIpc) is 3.35. The second-order valence-corrected chi connectivity index (χ2v) is 6.13. The fraction of sp³-hybridized carbons (Fsp3) is 0.312. The van der Waals surface area contributed by atoms with Gasteiger partial charge in [0.25, 0.3) is 0 Å². The van der Waals surface area contributed by atoms with Crippen molar-refractivity contribution in [1.82, 2.24) is 25.8 Å². The van der Waals surface area contributed by atoms with Gasteiger partial charge in [0.2, 0.25) is 5.82 Å². The van der Waals surface area contributed by atoms with Gasteiger partial charge >= 0.3 is 0 Å². The Morgan fingerprint density at radius 1 is 1.40 bits per heavy atom. The lowest BCUT2D eigenvalue weighted by atomic mass is 10.1. The van der Waals surface area contributed by atoms with Crippen molar-refractivity contribution in [3.63, 3.8) is 0 Å². The second-order valence-electron chi connectivity index (χ2n) is 5.35. The van der Waals surface area contributed by atoms with E-state index >= 15 is 0 Å². The normalized spacial score (nSPS) is 12.5. The summed E-state index contributed by atoms with van der Waals surface area (Å²) in [5, 5.41) is 17.9. The van der Waals surface area contributed by atoms with Gasteiger partial charge in [0, 0.05) is 13.6 Å². The molecule has 3 N–H and O–H groups in total. The number of hydrogen-bond donors (Lipinski definition) is 3. The molecule has 3 aromatic rings. The quantitative estimate of drug-likeness (QED) is 0.291. The van der Waals surface area contributed by atoms with E-state index in [1.807, 2.05) is 12.1 Å². The Bertz CT molecular complexity index is 769. The predicted molar refractivity (Wildman–Crippen MR) is 110 cm³/mol. The largest absolute Gasteiger partial charge is 0.461 e. The molecule has 134 valence electrons. The molecule has 0 aliphatic carbocycles. The molecule has 0 saturated heterocycles. The third-order valence-electron chi connectivity index (χ3n) is 3.61. The summed E-state index contributed by atoms with van der Waals surface area (Å²) in [7, 11) is 1.75. The number of thiophene rings is 1. The van der Waals surface area contributed by atoms with Gasteiger partial charge in [0.1, 0.15) is 5.82 Å². The molecule has 25 heavy (non-hydrogen) atoms. The van der Waals surface area contributed by atoms with E-state index in [9.17, 15) is 0 Å². The number of hydrogen-bond acceptors (Lipinski definition) is 5. The Kier molecular flexibility index (Phi) is 7.44. The molecule has 3 heterocycles. The highest BCUT2D eigenvalue weighted by Gasteiger charge is 2.10. The first-order valence-electron chi connectivity index (χ1n) is 7.68. The Balaban J connectivity index is 0.00000225. The maximum absolute atomic E-state index is 5.28. The molecule has 0 saturated carbocycles. The summed E-state index contributed by atoms with van der Waals surface area (Å²) in [6.45, 7) is 3.50. The van der Waals surface area contributed by atoms with Crippen LogP contribution < -0.4 is 10.6 Å². The Morgan fingerprint density at radius 2 is 2.28 bits per heavy atom. The van der Waals surface area contributed by atoms with Gasteiger partial charge in [-0.2, -0.15) is 11.3 Å². The topological polar surface area (TPSA) is 91.1 Å². The maximum atomic E-state index is 5.28. The van der Waals surface area contributed by atoms with Gasteiger partial charge in [0.15, 0.2) is 11.7 Å². The number of halogens is 1. The number of aromatic amines is 1. The summed E-state index contributed by atoms with van der Waals surface area (Å²) < 4.78 is 5.28. The second kappa shape index (κ2) is 9.56. The van der Waals surface area contributed by atoms with Crippen molar-refractivity contribution in [2.45, 2.75) is 19.4 Å². The molecule has 0 radical (unpaired) electrons. The Morgan fingerprint density at radius 3 is 2.96 bits per heavy atom. The van der Waals surface area contributed by atoms with E-state index < -0.39 is 0 Å². The van der Waals surface area contributed by atoms with Crippen molar-refractivity contribution in [2.75, 3.05) is 13.6 Å². The number of aliphatic imine (C=N–C) groups is 1. The van der Waals surface area contributed by atoms with Crippen LogP contribution in [0.5, 0.6) is 0 Å². The maximum Gasteiger partial charge on any atom is 0.216 e. The highest BCUT2D eigenvalue weighted by molar-refractivity contribution is 14.0. The van der Waals surface area contributed by atoms with E-state index in [0.29, 0.717) is 24.0 Å². The third-order valence-corrected chi connectivity index (χ3v) is 4.31. The molecule has 0 aliphatic heterocycles. The lowest BCUT2D eigenvalue weighted by molar-refractivity contribution is 0.577. The first kappa shape index (κ1) is 19.4. The molecule has 0 amide bonds. The van der Waals surface area contributed by atoms with Gasteiger partial charge in [-0.3, -0.25) is 10.1 Å². The highest BCUT2D eigenvalue weighted by atomic mass is 127. The minimum absolute atomic E-state index is 0. The van der Waals surface area contributed by atoms with E-state index in [2.05, 4.69) is 54.6 Å². The molecular formula is C16H21IN6OS. The van der Waals surface area contributed by atoms with Crippen LogP contribution >= 0.6 is 35.3 Å². The summed E-state index contributed by atoms with van der Waals surface area (Å²) in [6.07, 6.45) is 1.60. The summed E-state index contributed by atoms with van der Waals surface area (Å²) in [6, 6.07) is 5.79. The molecule has 0 spiro atoms. The van der Waals surface area contributed by atoms with Crippen molar-refractivity contribution < 1.29 is 4.42 Å². The monoisotopic (exact) mass is 472 g/mol. The molecule has 0 fully saturated rings. The van der Waals surface area contributed by atoms with Crippen LogP contribution in [0, 0.1) is 0 Å². The number of nitrogens with zero attached hydrogens (tertiary/aromatic N) is 3. The molecule has 3 aromatic heterocycles. The van der Waals surface area contributed by atoms with Crippen LogP contribution in [0.15, 0.2) is 44.6 Å². The van der Waals surface area contributed by atoms with Crippen LogP contribution in [0.2, 0.25) is 0 Å². The highest BCUT2D eigenvalue weighted by Crippen LogP contribution is 2.17. The van der Waals surface area contributed by atoms with Gasteiger partial charge in [-0.25, -0.2) is 4.98 Å². The number of furan rings is 1. The van der Waals surface area contributed by atoms with Crippen molar-refractivity contribution in [3.8, 4) is 11.6 Å². The van der Waals surface area contributed by atoms with Crippen LogP contribution in [-0.2, 0) is 6.54 Å². The van der Waals surface area contributed by atoms with E-state index in [0.717, 1.165) is 18.3 Å². The smallest absolute Gasteiger partial charge is 0.216 e. The Hall–Kier alpha value is -1.88. The van der Waals surface area contributed by atoms with Crippen LogP contribution in [0.25, 0.3) is 11.6 Å². The zero-order valence-electron chi connectivity index (χ0n) is 14.0. The Labute approximate surface area is 167 Å². The number of guanidine groups is 1. The molecule has 1 unspecified atom stereocenters. The van der Waals surface area contributed by atoms with Gasteiger partial charge in [-0.15, -0.1) is 29.1 Å². The standard InChI is InChI=1S/C16H20N6OS.HI/c1-11(12-5-7-24-10-12)8-18-16(17-2)19-9-14-20-15(22-21-14)13-4-3-6-23-13;/h3-7,10-11H,8-9H2,1-2H3,(H2,17,18,19)(H,20,21,22);1H. The first-order chi connectivity index (χ1) is 11.8. The molecule has 1 atom stereocenters. The summed E-state index contributed by atoms with van der Waals surface area (Å²) in [4.78, 5) is 8.62. The van der Waals surface area contributed by atoms with Crippen LogP contribution in [0.1, 0.15) is 24.2 Å². The van der Waals surface area contributed by atoms with Crippen LogP contribution in [-0.4, -0.2) is 34.7 Å². The van der Waals surface area contributed by atoms with Crippen molar-refractivity contribution >= 4 is 41.3 Å². The average molecular weight is 472 g/mol. The molecular weight excluding hydrogens is 451 g/mol. The van der Waals surface area contributed by atoms with Crippen LogP contribution in [0.4, 0.5) is 0 Å². The SMILES string of the molecule is CN=C(NCc1nc(-c2ccco2)n[nH]1)NCC(C)c1ccsc1.I. The summed E-state index contributed by atoms with van der Waals surface area (Å²) in [5.74, 6) is 3.06. The summed E-state index contributed by atoms with van der Waals surface area (Å²) in [5.41, 5.74) is 1.33. The van der Waals surface area contributed by atoms with Gasteiger partial charge in [-0.05, 0) is 40.4 Å². The number of aromatic nitrogens is 3. The third kappa shape index (κ3) is 5.30. The minimum atomic E-state index is 0. The predicted octanol–water partition coefficient (Wildman–Crippen LogP) is 3.21. The zero-order valence-corrected chi connectivity index (χ0v) is 17.2. The first-order valence-corrected chi connectivity index (χ1v) is 8.62. The molecule has 0 bridgehead atoms. The molecule has 7 nitrogen and oxygen atoms in total. The fourth-order valence-electron chi connectivity index (χ4n) is 2.20. The van der Waals surface area contributed by atoms with Crippen molar-refractivity contribution in [1.29, 1.82) is 0 Å². The van der Waals surface area contributed by atoms with E-state index in [1.54, 1.807) is 24.6 Å². The number of H-pyrrole nitrogens is 1. The lowest BCUT2D eigenvalue weighted by Crippen LogP contribution is -2.38. The van der Waals surface area contributed by atoms with E-state index in [1.165, 1.54) is 5.56 Å². The van der Waals surface area contributed by atoms with Crippen molar-refractivity contribution in [2.24, 2.45) is 4.99 Å². The molecule has 3 rings (SSSR count). The number of nitrogens with one attached hydrogen (secondary N) is 3. The molecule has 0 aromatic carbocycles. The lowest BCUT2D eigenvalue weighted by Gasteiger charge is -2.14. The van der Waals surface area contributed by atoms with Gasteiger partial charge < -0.3 is 15.1 Å². The zero-order chi connectivity index (χ0) is 16.8. The number of rotatable bonds is 6. The minimum Gasteiger partial charge on any atom is -0.461 e. The molecule has 0 aliphatic rings. The van der Waals surface area contributed by atoms with E-state index in [4.69, 9.17) is 4.42 Å². The molecule has 9 heteroatoms. The van der Waals surface area contributed by atoms with Crippen molar-refractivity contribution in [3.05, 3.63) is 46.6 Å². The van der Waals surface area contributed by atoms with Gasteiger partial charge in [0.05, 0.1) is 12.8 Å².